The quantitative estimate of drug-likeness (QED) is 0.127. The number of aliphatic hydroxyl groups excluding tert-OH is 1. The van der Waals surface area contributed by atoms with Crippen molar-refractivity contribution in [1.29, 1.82) is 0 Å². The molecule has 0 aliphatic heterocycles. The standard InChI is InChI=1S/C30H34NO.C5H8O2.Ir/c1-18(2)21-11-22(19(3)4)13-24(12-21)28-16-25-15-27(31-17-29(25)32-28)23-9-20(5)10-26(14-23)30(6,7)8;1-4(6)3-5(2)7;/h10-19H,1-8H3;3,6H,1-2H3;/q-1;;/b;4-3-;. The molecular formula is C35H42IrNO3-. The first kappa shape index (κ1) is 33.2. The predicted molar refractivity (Wildman–Crippen MR) is 162 cm³/mol. The molecule has 0 saturated carbocycles. The topological polar surface area (TPSA) is 63.3 Å². The van der Waals surface area contributed by atoms with Gasteiger partial charge in [-0.2, -0.15) is 0 Å². The van der Waals surface area contributed by atoms with Gasteiger partial charge in [0, 0.05) is 37.1 Å². The summed E-state index contributed by atoms with van der Waals surface area (Å²) in [5, 5.41) is 9.43. The normalized spacial score (nSPS) is 11.8. The second-order valence-electron chi connectivity index (χ2n) is 12.0. The van der Waals surface area contributed by atoms with Crippen LogP contribution >= 0.6 is 0 Å². The third kappa shape index (κ3) is 8.74. The summed E-state index contributed by atoms with van der Waals surface area (Å²) in [6.45, 7) is 20.6. The van der Waals surface area contributed by atoms with Crippen molar-refractivity contribution in [2.75, 3.05) is 0 Å². The minimum absolute atomic E-state index is 0. The number of fused-ring (bicyclic) bond motifs is 1. The van der Waals surface area contributed by atoms with Gasteiger partial charge in [-0.3, -0.25) is 4.79 Å². The molecule has 0 aliphatic carbocycles. The smallest absolute Gasteiger partial charge is 0.155 e. The van der Waals surface area contributed by atoms with Crippen LogP contribution in [0.4, 0.5) is 0 Å². The molecule has 0 atom stereocenters. The van der Waals surface area contributed by atoms with Gasteiger partial charge in [-0.05, 0) is 66.1 Å². The Morgan fingerprint density at radius 2 is 1.55 bits per heavy atom. The number of pyridine rings is 1. The molecule has 40 heavy (non-hydrogen) atoms. The Balaban J connectivity index is 0.000000623. The van der Waals surface area contributed by atoms with Gasteiger partial charge in [0.1, 0.15) is 5.76 Å². The molecule has 4 nitrogen and oxygen atoms in total. The largest absolute Gasteiger partial charge is 0.512 e. The molecule has 1 radical (unpaired) electrons. The molecule has 4 rings (SSSR count). The molecule has 2 aromatic heterocycles. The molecule has 0 spiro atoms. The maximum absolute atomic E-state index is 10.0. The summed E-state index contributed by atoms with van der Waals surface area (Å²) in [6, 6.07) is 19.0. The van der Waals surface area contributed by atoms with Crippen molar-refractivity contribution in [2.45, 2.75) is 86.5 Å². The number of carbonyl (C=O) groups is 1. The molecule has 2 aromatic carbocycles. The zero-order valence-electron chi connectivity index (χ0n) is 25.4. The molecule has 4 aromatic rings. The molecule has 1 N–H and O–H groups in total. The van der Waals surface area contributed by atoms with Crippen molar-refractivity contribution in [3.8, 4) is 22.6 Å². The summed E-state index contributed by atoms with van der Waals surface area (Å²) in [5.41, 5.74) is 9.10. The third-order valence-electron chi connectivity index (χ3n) is 6.56. The number of allylic oxidation sites excluding steroid dienone is 2. The van der Waals surface area contributed by atoms with E-state index >= 15 is 0 Å². The zero-order chi connectivity index (χ0) is 29.1. The molecule has 0 bridgehead atoms. The van der Waals surface area contributed by atoms with Gasteiger partial charge in [-0.25, -0.2) is 0 Å². The number of aromatic nitrogens is 1. The average molecular weight is 717 g/mol. The van der Waals surface area contributed by atoms with E-state index < -0.39 is 0 Å². The van der Waals surface area contributed by atoms with E-state index in [9.17, 15) is 4.79 Å². The van der Waals surface area contributed by atoms with Gasteiger partial charge in [0.2, 0.25) is 0 Å². The van der Waals surface area contributed by atoms with Gasteiger partial charge in [-0.15, -0.1) is 34.9 Å². The maximum atomic E-state index is 10.0. The number of furan rings is 1. The van der Waals surface area contributed by atoms with Crippen molar-refractivity contribution in [3.05, 3.63) is 88.8 Å². The van der Waals surface area contributed by atoms with E-state index in [2.05, 4.69) is 104 Å². The summed E-state index contributed by atoms with van der Waals surface area (Å²) in [4.78, 5) is 14.7. The van der Waals surface area contributed by atoms with Crippen LogP contribution in [0, 0.1) is 13.0 Å². The number of benzene rings is 2. The number of carbonyl (C=O) groups excluding carboxylic acids is 1. The first-order valence-electron chi connectivity index (χ1n) is 13.6. The van der Waals surface area contributed by atoms with Crippen LogP contribution in [0.3, 0.4) is 0 Å². The number of aryl methyl sites for hydroxylation is 1. The second-order valence-corrected chi connectivity index (χ2v) is 12.0. The Bertz CT molecular complexity index is 1470. The van der Waals surface area contributed by atoms with E-state index in [1.165, 1.54) is 36.6 Å². The van der Waals surface area contributed by atoms with E-state index in [0.29, 0.717) is 11.8 Å². The maximum Gasteiger partial charge on any atom is 0.155 e. The van der Waals surface area contributed by atoms with Gasteiger partial charge in [0.05, 0.1) is 12.0 Å². The number of rotatable bonds is 5. The Morgan fingerprint density at radius 3 is 2.02 bits per heavy atom. The fraction of sp³-hybridized carbons (Fsp3) is 0.371. The molecule has 5 heteroatoms. The summed E-state index contributed by atoms with van der Waals surface area (Å²) in [5.74, 6) is 1.78. The van der Waals surface area contributed by atoms with E-state index in [4.69, 9.17) is 14.5 Å². The van der Waals surface area contributed by atoms with Gasteiger partial charge < -0.3 is 14.5 Å². The van der Waals surface area contributed by atoms with Gasteiger partial charge in [0.25, 0.3) is 0 Å². The molecule has 0 saturated heterocycles. The van der Waals surface area contributed by atoms with Crippen LogP contribution in [0.5, 0.6) is 0 Å². The molecule has 0 aliphatic rings. The fourth-order valence-electron chi connectivity index (χ4n) is 4.30. The number of hydrogen-bond acceptors (Lipinski definition) is 4. The molecule has 215 valence electrons. The molecule has 0 amide bonds. The zero-order valence-corrected chi connectivity index (χ0v) is 27.8. The third-order valence-corrected chi connectivity index (χ3v) is 6.56. The fourth-order valence-corrected chi connectivity index (χ4v) is 4.30. The van der Waals surface area contributed by atoms with E-state index in [0.717, 1.165) is 39.1 Å². The first-order chi connectivity index (χ1) is 18.1. The number of aliphatic hydroxyl groups is 1. The molecular weight excluding hydrogens is 675 g/mol. The van der Waals surface area contributed by atoms with Crippen molar-refractivity contribution in [3.63, 3.8) is 0 Å². The summed E-state index contributed by atoms with van der Waals surface area (Å²) >= 11 is 0. The van der Waals surface area contributed by atoms with E-state index in [1.807, 2.05) is 6.20 Å². The Hall–Kier alpha value is -3.01. The van der Waals surface area contributed by atoms with Crippen molar-refractivity contribution in [1.82, 2.24) is 4.98 Å². The SMILES string of the molecule is CC(=O)/C=C(/C)O.Cc1[c-]c(-c2cc3cc(-c4cc(C(C)C)cc(C(C)C)c4)oc3cn2)cc(C(C)(C)C)c1.[Ir]. The van der Waals surface area contributed by atoms with Crippen LogP contribution < -0.4 is 0 Å². The van der Waals surface area contributed by atoms with Gasteiger partial charge in [-0.1, -0.05) is 67.5 Å². The van der Waals surface area contributed by atoms with Gasteiger partial charge in [0.15, 0.2) is 11.4 Å². The first-order valence-corrected chi connectivity index (χ1v) is 13.6. The van der Waals surface area contributed by atoms with Crippen LogP contribution in [-0.4, -0.2) is 15.9 Å². The van der Waals surface area contributed by atoms with Crippen molar-refractivity contribution < 1.29 is 34.4 Å². The number of ketones is 1. The van der Waals surface area contributed by atoms with Crippen LogP contribution in [0.15, 0.2) is 64.9 Å². The van der Waals surface area contributed by atoms with E-state index in [1.54, 1.807) is 0 Å². The summed E-state index contributed by atoms with van der Waals surface area (Å²) < 4.78 is 6.24. The van der Waals surface area contributed by atoms with Gasteiger partial charge >= 0.3 is 0 Å². The Morgan fingerprint density at radius 1 is 0.950 bits per heavy atom. The Kier molecular flexibility index (Phi) is 11.3. The summed E-state index contributed by atoms with van der Waals surface area (Å²) in [7, 11) is 0. The second kappa shape index (κ2) is 13.6. The average Bonchev–Trinajstić information content (AvgIpc) is 3.26. The van der Waals surface area contributed by atoms with Crippen LogP contribution in [0.25, 0.3) is 33.6 Å². The number of nitrogens with zero attached hydrogens (tertiary/aromatic N) is 1. The predicted octanol–water partition coefficient (Wildman–Crippen LogP) is 9.85. The minimum atomic E-state index is -0.125. The van der Waals surface area contributed by atoms with E-state index in [-0.39, 0.29) is 37.1 Å². The number of hydrogen-bond donors (Lipinski definition) is 1. The van der Waals surface area contributed by atoms with Crippen molar-refractivity contribution >= 4 is 16.8 Å². The van der Waals surface area contributed by atoms with Crippen molar-refractivity contribution in [2.24, 2.45) is 0 Å². The summed E-state index contributed by atoms with van der Waals surface area (Å²) in [6.07, 6.45) is 3.01. The van der Waals surface area contributed by atoms with Crippen LogP contribution in [0.1, 0.15) is 96.4 Å². The van der Waals surface area contributed by atoms with Crippen LogP contribution in [0.2, 0.25) is 0 Å². The molecule has 0 fully saturated rings. The molecule has 0 unspecified atom stereocenters. The minimum Gasteiger partial charge on any atom is -0.512 e. The molecule has 2 heterocycles. The monoisotopic (exact) mass is 717 g/mol. The van der Waals surface area contributed by atoms with Crippen LogP contribution in [-0.2, 0) is 30.3 Å². The Labute approximate surface area is 253 Å².